The van der Waals surface area contributed by atoms with Crippen molar-refractivity contribution in [2.75, 3.05) is 30.2 Å². The van der Waals surface area contributed by atoms with Gasteiger partial charge in [-0.2, -0.15) is 0 Å². The second-order valence-corrected chi connectivity index (χ2v) is 7.35. The third-order valence-corrected chi connectivity index (χ3v) is 4.58. The number of halogens is 1. The molecule has 0 heterocycles. The Kier molecular flexibility index (Phi) is 7.48. The standard InChI is InChI=1S/C16H25FN2O3S/c1-4-11-18(12-5-2)16(20)10-13-19(23(3,21)22)15-8-6-14(17)7-9-15/h6-9H,4-5,10-13H2,1-3H3. The largest absolute Gasteiger partial charge is 0.343 e. The molecule has 0 aromatic heterocycles. The molecule has 1 amide bonds. The molecule has 5 nitrogen and oxygen atoms in total. The van der Waals surface area contributed by atoms with Crippen molar-refractivity contribution in [2.45, 2.75) is 33.1 Å². The molecule has 7 heteroatoms. The zero-order valence-electron chi connectivity index (χ0n) is 14.0. The van der Waals surface area contributed by atoms with E-state index in [1.54, 1.807) is 4.90 Å². The van der Waals surface area contributed by atoms with Crippen LogP contribution >= 0.6 is 0 Å². The Morgan fingerprint density at radius 1 is 1.04 bits per heavy atom. The molecule has 1 aromatic rings. The molecule has 23 heavy (non-hydrogen) atoms. The second kappa shape index (κ2) is 8.86. The fourth-order valence-corrected chi connectivity index (χ4v) is 3.28. The van der Waals surface area contributed by atoms with Gasteiger partial charge in [0, 0.05) is 26.1 Å². The molecule has 0 atom stereocenters. The van der Waals surface area contributed by atoms with Crippen molar-refractivity contribution in [3.05, 3.63) is 30.1 Å². The summed E-state index contributed by atoms with van der Waals surface area (Å²) in [5.41, 5.74) is 0.360. The predicted octanol–water partition coefficient (Wildman–Crippen LogP) is 2.63. The van der Waals surface area contributed by atoms with Crippen LogP contribution in [0.15, 0.2) is 24.3 Å². The maximum atomic E-state index is 13.0. The van der Waals surface area contributed by atoms with E-state index in [9.17, 15) is 17.6 Å². The summed E-state index contributed by atoms with van der Waals surface area (Å²) >= 11 is 0. The minimum atomic E-state index is -3.54. The average Bonchev–Trinajstić information content (AvgIpc) is 2.47. The minimum absolute atomic E-state index is 0.0488. The Morgan fingerprint density at radius 3 is 2.00 bits per heavy atom. The first-order chi connectivity index (χ1) is 10.8. The number of benzene rings is 1. The van der Waals surface area contributed by atoms with Crippen LogP contribution in [0.3, 0.4) is 0 Å². The van der Waals surface area contributed by atoms with Gasteiger partial charge in [-0.15, -0.1) is 0 Å². The fourth-order valence-electron chi connectivity index (χ4n) is 2.35. The zero-order chi connectivity index (χ0) is 17.5. The molecule has 130 valence electrons. The number of sulfonamides is 1. The van der Waals surface area contributed by atoms with Gasteiger partial charge in [-0.1, -0.05) is 13.8 Å². The van der Waals surface area contributed by atoms with Crippen molar-refractivity contribution in [1.82, 2.24) is 4.90 Å². The highest BCUT2D eigenvalue weighted by atomic mass is 32.2. The van der Waals surface area contributed by atoms with Crippen LogP contribution in [0.1, 0.15) is 33.1 Å². The number of carbonyl (C=O) groups excluding carboxylic acids is 1. The number of rotatable bonds is 9. The minimum Gasteiger partial charge on any atom is -0.343 e. The van der Waals surface area contributed by atoms with Crippen LogP contribution in [0.4, 0.5) is 10.1 Å². The van der Waals surface area contributed by atoms with Crippen LogP contribution in [-0.2, 0) is 14.8 Å². The molecule has 0 N–H and O–H groups in total. The summed E-state index contributed by atoms with van der Waals surface area (Å²) < 4.78 is 38.1. The van der Waals surface area contributed by atoms with Crippen molar-refractivity contribution in [2.24, 2.45) is 0 Å². The fraction of sp³-hybridized carbons (Fsp3) is 0.562. The normalized spacial score (nSPS) is 11.3. The van der Waals surface area contributed by atoms with Crippen LogP contribution in [0, 0.1) is 5.82 Å². The summed E-state index contributed by atoms with van der Waals surface area (Å²) in [5.74, 6) is -0.500. The molecule has 0 fully saturated rings. The van der Waals surface area contributed by atoms with E-state index < -0.39 is 15.8 Å². The third-order valence-electron chi connectivity index (χ3n) is 3.38. The SMILES string of the molecule is CCCN(CCC)C(=O)CCN(c1ccc(F)cc1)S(C)(=O)=O. The molecule has 1 aromatic carbocycles. The lowest BCUT2D eigenvalue weighted by Crippen LogP contribution is -2.37. The first-order valence-corrected chi connectivity index (χ1v) is 9.65. The summed E-state index contributed by atoms with van der Waals surface area (Å²) in [4.78, 5) is 14.0. The molecule has 0 aliphatic carbocycles. The van der Waals surface area contributed by atoms with Crippen LogP contribution in [0.5, 0.6) is 0 Å². The molecule has 0 aliphatic rings. The average molecular weight is 344 g/mol. The van der Waals surface area contributed by atoms with Gasteiger partial charge in [0.05, 0.1) is 11.9 Å². The highest BCUT2D eigenvalue weighted by molar-refractivity contribution is 7.92. The quantitative estimate of drug-likeness (QED) is 0.692. The van der Waals surface area contributed by atoms with Gasteiger partial charge in [-0.3, -0.25) is 9.10 Å². The lowest BCUT2D eigenvalue weighted by Gasteiger charge is -2.25. The van der Waals surface area contributed by atoms with Crippen molar-refractivity contribution >= 4 is 21.6 Å². The van der Waals surface area contributed by atoms with E-state index in [0.29, 0.717) is 18.8 Å². The highest BCUT2D eigenvalue weighted by Crippen LogP contribution is 2.18. The van der Waals surface area contributed by atoms with Crippen LogP contribution < -0.4 is 4.31 Å². The summed E-state index contributed by atoms with van der Waals surface area (Å²) in [6.45, 7) is 5.38. The van der Waals surface area contributed by atoms with E-state index in [1.807, 2.05) is 13.8 Å². The molecule has 1 rings (SSSR count). The predicted molar refractivity (Wildman–Crippen MR) is 90.4 cm³/mol. The van der Waals surface area contributed by atoms with Gasteiger partial charge in [0.1, 0.15) is 5.82 Å². The lowest BCUT2D eigenvalue weighted by molar-refractivity contribution is -0.131. The molecule has 0 radical (unpaired) electrons. The monoisotopic (exact) mass is 344 g/mol. The Hall–Kier alpha value is -1.63. The van der Waals surface area contributed by atoms with E-state index in [2.05, 4.69) is 0 Å². The van der Waals surface area contributed by atoms with Gasteiger partial charge in [0.2, 0.25) is 15.9 Å². The molecule has 0 saturated heterocycles. The molecule has 0 unspecified atom stereocenters. The molecular weight excluding hydrogens is 319 g/mol. The molecule has 0 aliphatic heterocycles. The van der Waals surface area contributed by atoms with E-state index >= 15 is 0 Å². The van der Waals surface area contributed by atoms with Crippen LogP contribution in [0.2, 0.25) is 0 Å². The number of hydrogen-bond acceptors (Lipinski definition) is 3. The van der Waals surface area contributed by atoms with Crippen LogP contribution in [0.25, 0.3) is 0 Å². The number of carbonyl (C=O) groups is 1. The van der Waals surface area contributed by atoms with Crippen molar-refractivity contribution in [3.8, 4) is 0 Å². The Labute approximate surface area is 138 Å². The van der Waals surface area contributed by atoms with Crippen molar-refractivity contribution in [1.29, 1.82) is 0 Å². The van der Waals surface area contributed by atoms with E-state index in [-0.39, 0.29) is 18.9 Å². The number of anilines is 1. The maximum absolute atomic E-state index is 13.0. The third kappa shape index (κ3) is 6.17. The lowest BCUT2D eigenvalue weighted by atomic mass is 10.2. The van der Waals surface area contributed by atoms with E-state index in [1.165, 1.54) is 24.3 Å². The van der Waals surface area contributed by atoms with Gasteiger partial charge in [-0.25, -0.2) is 12.8 Å². The number of nitrogens with zero attached hydrogens (tertiary/aromatic N) is 2. The molecule has 0 bridgehead atoms. The van der Waals surface area contributed by atoms with E-state index in [0.717, 1.165) is 23.4 Å². The van der Waals surface area contributed by atoms with Gasteiger partial charge in [0.25, 0.3) is 0 Å². The maximum Gasteiger partial charge on any atom is 0.232 e. The Balaban J connectivity index is 2.83. The zero-order valence-corrected chi connectivity index (χ0v) is 14.8. The van der Waals surface area contributed by atoms with Gasteiger partial charge in [-0.05, 0) is 37.1 Å². The second-order valence-electron chi connectivity index (χ2n) is 5.44. The topological polar surface area (TPSA) is 57.7 Å². The highest BCUT2D eigenvalue weighted by Gasteiger charge is 2.20. The summed E-state index contributed by atoms with van der Waals surface area (Å²) in [6.07, 6.45) is 2.90. The van der Waals surface area contributed by atoms with E-state index in [4.69, 9.17) is 0 Å². The first-order valence-electron chi connectivity index (χ1n) is 7.80. The van der Waals surface area contributed by atoms with Crippen LogP contribution in [-0.4, -0.2) is 45.1 Å². The smallest absolute Gasteiger partial charge is 0.232 e. The van der Waals surface area contributed by atoms with Crippen molar-refractivity contribution in [3.63, 3.8) is 0 Å². The van der Waals surface area contributed by atoms with Gasteiger partial charge < -0.3 is 4.90 Å². The number of hydrogen-bond donors (Lipinski definition) is 0. The molecular formula is C16H25FN2O3S. The summed E-state index contributed by atoms with van der Waals surface area (Å²) in [5, 5.41) is 0. The molecule has 0 spiro atoms. The Morgan fingerprint density at radius 2 is 1.57 bits per heavy atom. The Bertz CT molecular complexity index is 596. The van der Waals surface area contributed by atoms with Gasteiger partial charge >= 0.3 is 0 Å². The first kappa shape index (κ1) is 19.4. The van der Waals surface area contributed by atoms with Gasteiger partial charge in [0.15, 0.2) is 0 Å². The van der Waals surface area contributed by atoms with Crippen molar-refractivity contribution < 1.29 is 17.6 Å². The summed E-state index contributed by atoms with van der Waals surface area (Å²) in [6, 6.07) is 5.21. The number of amides is 1. The molecule has 0 saturated carbocycles. The summed E-state index contributed by atoms with van der Waals surface area (Å²) in [7, 11) is -3.54.